The minimum absolute atomic E-state index is 0.0214. The number of aromatic nitrogens is 1. The monoisotopic (exact) mass is 325 g/mol. The summed E-state index contributed by atoms with van der Waals surface area (Å²) in [4.78, 5) is 6.04. The molecular weight excluding hydrogens is 310 g/mol. The Bertz CT molecular complexity index is 728. The van der Waals surface area contributed by atoms with Crippen LogP contribution < -0.4 is 10.2 Å². The fourth-order valence-corrected chi connectivity index (χ4v) is 2.75. The summed E-state index contributed by atoms with van der Waals surface area (Å²) in [7, 11) is 0. The average molecular weight is 325 g/mol. The summed E-state index contributed by atoms with van der Waals surface area (Å²) in [5.74, 6) is -0.612. The minimum Gasteiger partial charge on any atom is -0.367 e. The van der Waals surface area contributed by atoms with Crippen LogP contribution in [0.15, 0.2) is 30.5 Å². The second-order valence-electron chi connectivity index (χ2n) is 5.50. The Labute approximate surface area is 130 Å². The smallest absolute Gasteiger partial charge is 0.367 e. The average Bonchev–Trinajstić information content (AvgIpc) is 2.46. The van der Waals surface area contributed by atoms with Crippen molar-refractivity contribution in [2.24, 2.45) is 0 Å². The third-order valence-corrected chi connectivity index (χ3v) is 3.76. The van der Waals surface area contributed by atoms with E-state index in [0.29, 0.717) is 18.9 Å². The van der Waals surface area contributed by atoms with E-state index in [1.54, 1.807) is 11.1 Å². The summed E-state index contributed by atoms with van der Waals surface area (Å²) in [5, 5.41) is 3.11. The maximum atomic E-state index is 13.7. The van der Waals surface area contributed by atoms with E-state index >= 15 is 0 Å². The van der Waals surface area contributed by atoms with Crippen molar-refractivity contribution < 1.29 is 17.6 Å². The molecule has 2 heterocycles. The fourth-order valence-electron chi connectivity index (χ4n) is 2.75. The van der Waals surface area contributed by atoms with Gasteiger partial charge in [-0.15, -0.1) is 0 Å². The number of fused-ring (bicyclic) bond motifs is 1. The maximum Gasteiger partial charge on any atom is 0.419 e. The Morgan fingerprint density at radius 3 is 2.83 bits per heavy atom. The molecule has 0 saturated heterocycles. The number of rotatable bonds is 2. The van der Waals surface area contributed by atoms with Crippen LogP contribution in [0.3, 0.4) is 0 Å². The molecule has 0 saturated carbocycles. The van der Waals surface area contributed by atoms with Crippen LogP contribution in [0.25, 0.3) is 0 Å². The van der Waals surface area contributed by atoms with Crippen LogP contribution in [0.2, 0.25) is 0 Å². The molecule has 1 aliphatic heterocycles. The number of nitrogens with one attached hydrogen (secondary N) is 1. The molecule has 1 aromatic heterocycles. The molecule has 1 N–H and O–H groups in total. The normalized spacial score (nSPS) is 14.4. The SMILES string of the molecule is Cc1cnc2c(c1)N(Cc1cccc(F)c1C(F)(F)F)CCN2. The number of benzene rings is 1. The molecular formula is C16H15F4N3. The van der Waals surface area contributed by atoms with Crippen molar-refractivity contribution in [1.29, 1.82) is 0 Å². The summed E-state index contributed by atoms with van der Waals surface area (Å²) in [6.07, 6.45) is -3.03. The highest BCUT2D eigenvalue weighted by Gasteiger charge is 2.37. The van der Waals surface area contributed by atoms with Gasteiger partial charge in [-0.1, -0.05) is 12.1 Å². The number of aryl methyl sites for hydroxylation is 1. The van der Waals surface area contributed by atoms with Crippen LogP contribution in [0.1, 0.15) is 16.7 Å². The zero-order valence-corrected chi connectivity index (χ0v) is 12.4. The molecule has 0 unspecified atom stereocenters. The Morgan fingerprint density at radius 2 is 2.09 bits per heavy atom. The van der Waals surface area contributed by atoms with Gasteiger partial charge in [-0.3, -0.25) is 0 Å². The number of halogens is 4. The lowest BCUT2D eigenvalue weighted by molar-refractivity contribution is -0.140. The first-order chi connectivity index (χ1) is 10.9. The largest absolute Gasteiger partial charge is 0.419 e. The van der Waals surface area contributed by atoms with E-state index in [4.69, 9.17) is 0 Å². The zero-order valence-electron chi connectivity index (χ0n) is 12.4. The highest BCUT2D eigenvalue weighted by molar-refractivity contribution is 5.68. The van der Waals surface area contributed by atoms with Crippen LogP contribution in [0.4, 0.5) is 29.1 Å². The Morgan fingerprint density at radius 1 is 1.30 bits per heavy atom. The molecule has 0 spiro atoms. The van der Waals surface area contributed by atoms with Crippen LogP contribution in [-0.4, -0.2) is 18.1 Å². The molecule has 3 nitrogen and oxygen atoms in total. The molecule has 2 aromatic rings. The molecule has 0 bridgehead atoms. The van der Waals surface area contributed by atoms with E-state index in [9.17, 15) is 17.6 Å². The topological polar surface area (TPSA) is 28.2 Å². The third-order valence-electron chi connectivity index (χ3n) is 3.76. The summed E-state index contributed by atoms with van der Waals surface area (Å²) in [6, 6.07) is 5.32. The molecule has 1 aromatic carbocycles. The lowest BCUT2D eigenvalue weighted by Crippen LogP contribution is -2.34. The van der Waals surface area contributed by atoms with Gasteiger partial charge in [0.15, 0.2) is 0 Å². The molecule has 1 aliphatic rings. The van der Waals surface area contributed by atoms with E-state index in [0.717, 1.165) is 17.3 Å². The molecule has 122 valence electrons. The molecule has 0 radical (unpaired) electrons. The summed E-state index contributed by atoms with van der Waals surface area (Å²) in [5.41, 5.74) is 0.369. The van der Waals surface area contributed by atoms with Crippen molar-refractivity contribution in [1.82, 2.24) is 4.98 Å². The highest BCUT2D eigenvalue weighted by Crippen LogP contribution is 2.36. The van der Waals surface area contributed by atoms with Gasteiger partial charge in [0.1, 0.15) is 11.6 Å². The number of anilines is 2. The lowest BCUT2D eigenvalue weighted by Gasteiger charge is -2.32. The van der Waals surface area contributed by atoms with Gasteiger partial charge in [0.2, 0.25) is 0 Å². The van der Waals surface area contributed by atoms with Crippen molar-refractivity contribution in [3.05, 3.63) is 53.0 Å². The number of pyridine rings is 1. The van der Waals surface area contributed by atoms with Crippen molar-refractivity contribution in [3.8, 4) is 0 Å². The first-order valence-corrected chi connectivity index (χ1v) is 7.16. The third kappa shape index (κ3) is 3.09. The van der Waals surface area contributed by atoms with E-state index in [-0.39, 0.29) is 12.1 Å². The van der Waals surface area contributed by atoms with Crippen LogP contribution in [-0.2, 0) is 12.7 Å². The van der Waals surface area contributed by atoms with Gasteiger partial charge >= 0.3 is 6.18 Å². The standard InChI is InChI=1S/C16H15F4N3/c1-10-7-13-15(22-8-10)21-5-6-23(13)9-11-3-2-4-12(17)14(11)16(18,19)20/h2-4,7-8H,5-6,9H2,1H3,(H,21,22). The van der Waals surface area contributed by atoms with Gasteiger partial charge in [-0.25, -0.2) is 9.37 Å². The highest BCUT2D eigenvalue weighted by atomic mass is 19.4. The fraction of sp³-hybridized carbons (Fsp3) is 0.312. The molecule has 23 heavy (non-hydrogen) atoms. The Hall–Kier alpha value is -2.31. The van der Waals surface area contributed by atoms with Gasteiger partial charge in [0, 0.05) is 25.8 Å². The molecule has 0 fully saturated rings. The van der Waals surface area contributed by atoms with E-state index in [1.165, 1.54) is 12.1 Å². The Balaban J connectivity index is 1.99. The molecule has 0 amide bonds. The first-order valence-electron chi connectivity index (χ1n) is 7.16. The van der Waals surface area contributed by atoms with Crippen LogP contribution >= 0.6 is 0 Å². The van der Waals surface area contributed by atoms with Crippen molar-refractivity contribution in [2.75, 3.05) is 23.3 Å². The van der Waals surface area contributed by atoms with Gasteiger partial charge in [0.05, 0.1) is 11.3 Å². The predicted octanol–water partition coefficient (Wildman–Crippen LogP) is 3.98. The molecule has 0 aliphatic carbocycles. The minimum atomic E-state index is -4.72. The van der Waals surface area contributed by atoms with Crippen LogP contribution in [0, 0.1) is 12.7 Å². The van der Waals surface area contributed by atoms with Gasteiger partial charge in [0.25, 0.3) is 0 Å². The van der Waals surface area contributed by atoms with Gasteiger partial charge in [-0.05, 0) is 30.2 Å². The Kier molecular flexibility index (Phi) is 3.87. The predicted molar refractivity (Wildman–Crippen MR) is 79.9 cm³/mol. The second kappa shape index (κ2) is 5.72. The summed E-state index contributed by atoms with van der Waals surface area (Å²) < 4.78 is 53.1. The van der Waals surface area contributed by atoms with Crippen molar-refractivity contribution >= 4 is 11.5 Å². The van der Waals surface area contributed by atoms with Crippen LogP contribution in [0.5, 0.6) is 0 Å². The number of hydrogen-bond acceptors (Lipinski definition) is 3. The van der Waals surface area contributed by atoms with Gasteiger partial charge in [-0.2, -0.15) is 13.2 Å². The summed E-state index contributed by atoms with van der Waals surface area (Å²) >= 11 is 0. The van der Waals surface area contributed by atoms with Crippen molar-refractivity contribution in [3.63, 3.8) is 0 Å². The van der Waals surface area contributed by atoms with Crippen molar-refractivity contribution in [2.45, 2.75) is 19.6 Å². The van der Waals surface area contributed by atoms with E-state index < -0.39 is 17.6 Å². The quantitative estimate of drug-likeness (QED) is 0.847. The van der Waals surface area contributed by atoms with E-state index in [1.807, 2.05) is 13.0 Å². The van der Waals surface area contributed by atoms with Gasteiger partial charge < -0.3 is 10.2 Å². The molecule has 7 heteroatoms. The zero-order chi connectivity index (χ0) is 16.6. The number of hydrogen-bond donors (Lipinski definition) is 1. The van der Waals surface area contributed by atoms with E-state index in [2.05, 4.69) is 10.3 Å². The number of nitrogens with zero attached hydrogens (tertiary/aromatic N) is 2. The molecule has 3 rings (SSSR count). The first kappa shape index (κ1) is 15.6. The lowest BCUT2D eigenvalue weighted by atomic mass is 10.0. The second-order valence-corrected chi connectivity index (χ2v) is 5.50. The molecule has 0 atom stereocenters. The summed E-state index contributed by atoms with van der Waals surface area (Å²) in [6.45, 7) is 2.93. The maximum absolute atomic E-state index is 13.7. The number of alkyl halides is 3.